The highest BCUT2D eigenvalue weighted by Gasteiger charge is 2.15. The van der Waals surface area contributed by atoms with Crippen LogP contribution in [-0.2, 0) is 6.42 Å². The Hall–Kier alpha value is -3.14. The van der Waals surface area contributed by atoms with Crippen LogP contribution in [0, 0.1) is 0 Å². The van der Waals surface area contributed by atoms with Crippen molar-refractivity contribution in [1.29, 1.82) is 0 Å². The van der Waals surface area contributed by atoms with E-state index in [0.29, 0.717) is 29.9 Å². The number of halogens is 1. The molecule has 0 spiro atoms. The van der Waals surface area contributed by atoms with E-state index in [-0.39, 0.29) is 6.61 Å². The molecule has 0 amide bonds. The molecule has 1 unspecified atom stereocenters. The second-order valence-electron chi connectivity index (χ2n) is 9.65. The molecule has 0 N–H and O–H groups in total. The zero-order chi connectivity index (χ0) is 26.3. The highest BCUT2D eigenvalue weighted by molar-refractivity contribution is 5.94. The van der Waals surface area contributed by atoms with Crippen molar-refractivity contribution < 1.29 is 18.7 Å². The number of aryl methyl sites for hydroxylation is 1. The molecule has 198 valence electrons. The van der Waals surface area contributed by atoms with Crippen LogP contribution in [0.4, 0.5) is 4.39 Å². The van der Waals surface area contributed by atoms with Gasteiger partial charge in [0.1, 0.15) is 23.2 Å². The molecule has 0 radical (unpaired) electrons. The van der Waals surface area contributed by atoms with Crippen molar-refractivity contribution in [3.63, 3.8) is 0 Å². The smallest absolute Gasteiger partial charge is 0.347 e. The summed E-state index contributed by atoms with van der Waals surface area (Å²) in [5.74, 6) is 0.391. The number of para-hydroxylation sites is 1. The number of carbonyl (C=O) groups excluding carboxylic acids is 1. The molecule has 0 bridgehead atoms. The average Bonchev–Trinajstić information content (AvgIpc) is 2.93. The van der Waals surface area contributed by atoms with Gasteiger partial charge in [0.2, 0.25) is 0 Å². The summed E-state index contributed by atoms with van der Waals surface area (Å²) in [5, 5.41) is 0. The third-order valence-electron chi connectivity index (χ3n) is 6.59. The van der Waals surface area contributed by atoms with E-state index in [4.69, 9.17) is 9.47 Å². The van der Waals surface area contributed by atoms with Crippen molar-refractivity contribution >= 4 is 5.97 Å². The zero-order valence-electron chi connectivity index (χ0n) is 22.4. The van der Waals surface area contributed by atoms with Gasteiger partial charge in [-0.25, -0.2) is 9.18 Å². The standard InChI is InChI=1S/C33H41FO3/c1-3-5-7-8-9-12-26-16-18-27(19-17-26)28-20-22-30(23-21-28)37-33(35)31-14-10-11-15-32(31)36-25-24-29(34)13-6-4-2/h10-11,14-23,29H,3-9,12-13,24-25H2,1-2H3. The number of esters is 1. The lowest BCUT2D eigenvalue weighted by molar-refractivity contribution is 0.0730. The lowest BCUT2D eigenvalue weighted by Crippen LogP contribution is -2.13. The van der Waals surface area contributed by atoms with Gasteiger partial charge < -0.3 is 9.47 Å². The summed E-state index contributed by atoms with van der Waals surface area (Å²) in [6.45, 7) is 4.51. The maximum absolute atomic E-state index is 13.9. The Balaban J connectivity index is 1.53. The molecule has 0 aromatic heterocycles. The van der Waals surface area contributed by atoms with E-state index in [2.05, 4.69) is 31.2 Å². The molecule has 3 rings (SSSR count). The summed E-state index contributed by atoms with van der Waals surface area (Å²) in [6, 6.07) is 23.2. The predicted octanol–water partition coefficient (Wildman–Crippen LogP) is 9.38. The number of benzene rings is 3. The Labute approximate surface area is 222 Å². The second kappa shape index (κ2) is 15.9. The van der Waals surface area contributed by atoms with Gasteiger partial charge in [-0.2, -0.15) is 0 Å². The van der Waals surface area contributed by atoms with Crippen molar-refractivity contribution in [2.24, 2.45) is 0 Å². The molecule has 0 aliphatic heterocycles. The quantitative estimate of drug-likeness (QED) is 0.111. The van der Waals surface area contributed by atoms with Crippen LogP contribution in [0.25, 0.3) is 11.1 Å². The summed E-state index contributed by atoms with van der Waals surface area (Å²) in [5.41, 5.74) is 3.91. The van der Waals surface area contributed by atoms with Gasteiger partial charge in [0.25, 0.3) is 0 Å². The number of ether oxygens (including phenoxy) is 2. The molecule has 3 aromatic carbocycles. The van der Waals surface area contributed by atoms with E-state index in [0.717, 1.165) is 30.4 Å². The predicted molar refractivity (Wildman–Crippen MR) is 150 cm³/mol. The van der Waals surface area contributed by atoms with Crippen LogP contribution in [0.3, 0.4) is 0 Å². The van der Waals surface area contributed by atoms with E-state index in [9.17, 15) is 9.18 Å². The van der Waals surface area contributed by atoms with Gasteiger partial charge in [0.15, 0.2) is 0 Å². The molecular formula is C33H41FO3. The van der Waals surface area contributed by atoms with Gasteiger partial charge in [0.05, 0.1) is 6.61 Å². The van der Waals surface area contributed by atoms with Crippen molar-refractivity contribution in [2.45, 2.75) is 84.2 Å². The minimum atomic E-state index is -0.885. The van der Waals surface area contributed by atoms with Crippen LogP contribution in [0.1, 0.15) is 87.6 Å². The Morgan fingerprint density at radius 3 is 2.11 bits per heavy atom. The molecular weight excluding hydrogens is 463 g/mol. The first-order valence-electron chi connectivity index (χ1n) is 13.9. The highest BCUT2D eigenvalue weighted by Crippen LogP contribution is 2.25. The Bertz CT molecular complexity index is 1060. The second-order valence-corrected chi connectivity index (χ2v) is 9.65. The SMILES string of the molecule is CCCCCCCc1ccc(-c2ccc(OC(=O)c3ccccc3OCCC(F)CCCC)cc2)cc1. The normalized spacial score (nSPS) is 11.8. The first-order valence-corrected chi connectivity index (χ1v) is 13.9. The van der Waals surface area contributed by atoms with Gasteiger partial charge in [-0.05, 0) is 60.2 Å². The van der Waals surface area contributed by atoms with Crippen molar-refractivity contribution in [3.8, 4) is 22.6 Å². The summed E-state index contributed by atoms with van der Waals surface area (Å²) in [4.78, 5) is 12.8. The topological polar surface area (TPSA) is 35.5 Å². The van der Waals surface area contributed by atoms with E-state index < -0.39 is 12.1 Å². The number of rotatable bonds is 16. The van der Waals surface area contributed by atoms with Gasteiger partial charge in [-0.1, -0.05) is 101 Å². The number of alkyl halides is 1. The molecule has 3 nitrogen and oxygen atoms in total. The van der Waals surface area contributed by atoms with Crippen LogP contribution < -0.4 is 9.47 Å². The van der Waals surface area contributed by atoms with Crippen molar-refractivity contribution in [1.82, 2.24) is 0 Å². The maximum atomic E-state index is 13.9. The molecule has 0 aliphatic rings. The molecule has 0 fully saturated rings. The van der Waals surface area contributed by atoms with Crippen LogP contribution in [0.15, 0.2) is 72.8 Å². The van der Waals surface area contributed by atoms with Crippen LogP contribution in [0.5, 0.6) is 11.5 Å². The fourth-order valence-electron chi connectivity index (χ4n) is 4.30. The van der Waals surface area contributed by atoms with E-state index >= 15 is 0 Å². The van der Waals surface area contributed by atoms with Crippen molar-refractivity contribution in [3.05, 3.63) is 83.9 Å². The third kappa shape index (κ3) is 9.68. The molecule has 0 saturated carbocycles. The van der Waals surface area contributed by atoms with Crippen LogP contribution in [-0.4, -0.2) is 18.7 Å². The van der Waals surface area contributed by atoms with Gasteiger partial charge >= 0.3 is 5.97 Å². The summed E-state index contributed by atoms with van der Waals surface area (Å²) < 4.78 is 25.3. The van der Waals surface area contributed by atoms with E-state index in [1.807, 2.05) is 19.1 Å². The van der Waals surface area contributed by atoms with Gasteiger partial charge in [0, 0.05) is 6.42 Å². The number of hydrogen-bond acceptors (Lipinski definition) is 3. The summed E-state index contributed by atoms with van der Waals surface area (Å²) >= 11 is 0. The average molecular weight is 505 g/mol. The molecule has 0 heterocycles. The summed E-state index contributed by atoms with van der Waals surface area (Å²) in [6.07, 6.45) is 9.39. The Kier molecular flexibility index (Phi) is 12.2. The first kappa shape index (κ1) is 28.4. The van der Waals surface area contributed by atoms with Gasteiger partial charge in [-0.3, -0.25) is 0 Å². The first-order chi connectivity index (χ1) is 18.1. The fraction of sp³-hybridized carbons (Fsp3) is 0.424. The monoisotopic (exact) mass is 504 g/mol. The zero-order valence-corrected chi connectivity index (χ0v) is 22.4. The molecule has 0 saturated heterocycles. The fourth-order valence-corrected chi connectivity index (χ4v) is 4.30. The Morgan fingerprint density at radius 1 is 0.757 bits per heavy atom. The van der Waals surface area contributed by atoms with Crippen LogP contribution >= 0.6 is 0 Å². The summed E-state index contributed by atoms with van der Waals surface area (Å²) in [7, 11) is 0. The largest absolute Gasteiger partial charge is 0.493 e. The molecule has 3 aromatic rings. The lowest BCUT2D eigenvalue weighted by atomic mass is 10.0. The van der Waals surface area contributed by atoms with Crippen molar-refractivity contribution in [2.75, 3.05) is 6.61 Å². The highest BCUT2D eigenvalue weighted by atomic mass is 19.1. The third-order valence-corrected chi connectivity index (χ3v) is 6.59. The molecule has 1 atom stereocenters. The minimum absolute atomic E-state index is 0.224. The minimum Gasteiger partial charge on any atom is -0.493 e. The lowest BCUT2D eigenvalue weighted by Gasteiger charge is -2.13. The number of hydrogen-bond donors (Lipinski definition) is 0. The Morgan fingerprint density at radius 2 is 1.41 bits per heavy atom. The van der Waals surface area contributed by atoms with E-state index in [1.54, 1.807) is 36.4 Å². The molecule has 0 aliphatic carbocycles. The number of carbonyl (C=O) groups is 1. The van der Waals surface area contributed by atoms with E-state index in [1.165, 1.54) is 37.7 Å². The molecule has 37 heavy (non-hydrogen) atoms. The van der Waals surface area contributed by atoms with Crippen LogP contribution in [0.2, 0.25) is 0 Å². The number of unbranched alkanes of at least 4 members (excludes halogenated alkanes) is 5. The molecule has 4 heteroatoms. The maximum Gasteiger partial charge on any atom is 0.347 e. The van der Waals surface area contributed by atoms with Gasteiger partial charge in [-0.15, -0.1) is 0 Å².